The van der Waals surface area contributed by atoms with Gasteiger partial charge in [-0.3, -0.25) is 14.9 Å². The molecule has 0 saturated heterocycles. The highest BCUT2D eigenvalue weighted by molar-refractivity contribution is 6.34. The minimum absolute atomic E-state index is 0.104. The van der Waals surface area contributed by atoms with E-state index in [1.165, 1.54) is 23.8 Å². The van der Waals surface area contributed by atoms with Crippen molar-refractivity contribution in [3.05, 3.63) is 74.8 Å². The summed E-state index contributed by atoms with van der Waals surface area (Å²) in [4.78, 5) is 27.1. The Morgan fingerprint density at radius 3 is 2.37 bits per heavy atom. The van der Waals surface area contributed by atoms with Crippen molar-refractivity contribution in [2.75, 3.05) is 33.7 Å². The Bertz CT molecular complexity index is 781. The minimum atomic E-state index is -0.524. The third-order valence-corrected chi connectivity index (χ3v) is 4.55. The Morgan fingerprint density at radius 2 is 1.78 bits per heavy atom. The van der Waals surface area contributed by atoms with Gasteiger partial charge in [0.2, 0.25) is 0 Å². The van der Waals surface area contributed by atoms with Crippen LogP contribution in [-0.4, -0.2) is 54.4 Å². The molecule has 0 bridgehead atoms. The van der Waals surface area contributed by atoms with Crippen LogP contribution < -0.4 is 0 Å². The quantitative estimate of drug-likeness (QED) is 0.482. The van der Waals surface area contributed by atoms with Gasteiger partial charge in [-0.25, -0.2) is 0 Å². The molecule has 2 rings (SSSR count). The molecule has 0 N–H and O–H groups in total. The summed E-state index contributed by atoms with van der Waals surface area (Å²) in [6, 6.07) is 14.1. The predicted octanol–water partition coefficient (Wildman–Crippen LogP) is 3.88. The minimum Gasteiger partial charge on any atom is -0.337 e. The van der Waals surface area contributed by atoms with E-state index >= 15 is 0 Å². The Balaban J connectivity index is 2.09. The van der Waals surface area contributed by atoms with Crippen LogP contribution in [0.4, 0.5) is 5.69 Å². The van der Waals surface area contributed by atoms with Crippen molar-refractivity contribution >= 4 is 23.2 Å². The van der Waals surface area contributed by atoms with Crippen molar-refractivity contribution in [1.29, 1.82) is 0 Å². The lowest BCUT2D eigenvalue weighted by Gasteiger charge is -2.25. The molecule has 0 atom stereocenters. The monoisotopic (exact) mass is 389 g/mol. The second-order valence-corrected chi connectivity index (χ2v) is 7.01. The number of carbonyl (C=O) groups is 1. The van der Waals surface area contributed by atoms with Gasteiger partial charge in [0.15, 0.2) is 0 Å². The third kappa shape index (κ3) is 6.34. The maximum absolute atomic E-state index is 13.0. The smallest absolute Gasteiger partial charge is 0.270 e. The van der Waals surface area contributed by atoms with Crippen LogP contribution >= 0.6 is 11.6 Å². The van der Waals surface area contributed by atoms with Crippen molar-refractivity contribution in [2.24, 2.45) is 0 Å². The molecule has 0 heterocycles. The average molecular weight is 390 g/mol. The van der Waals surface area contributed by atoms with E-state index in [1.54, 1.807) is 4.90 Å². The normalized spacial score (nSPS) is 10.8. The lowest BCUT2D eigenvalue weighted by molar-refractivity contribution is -0.384. The summed E-state index contributed by atoms with van der Waals surface area (Å²) in [5, 5.41) is 11.0. The van der Waals surface area contributed by atoms with Gasteiger partial charge in [-0.2, -0.15) is 0 Å². The van der Waals surface area contributed by atoms with E-state index in [0.717, 1.165) is 19.4 Å². The van der Waals surface area contributed by atoms with Gasteiger partial charge < -0.3 is 9.80 Å². The number of nitro groups is 1. The predicted molar refractivity (Wildman–Crippen MR) is 107 cm³/mol. The first-order valence-corrected chi connectivity index (χ1v) is 9.18. The molecule has 0 saturated carbocycles. The van der Waals surface area contributed by atoms with Crippen LogP contribution in [0, 0.1) is 10.1 Å². The topological polar surface area (TPSA) is 66.7 Å². The Morgan fingerprint density at radius 1 is 1.07 bits per heavy atom. The molecule has 0 radical (unpaired) electrons. The molecule has 27 heavy (non-hydrogen) atoms. The Hall–Kier alpha value is -2.44. The van der Waals surface area contributed by atoms with Crippen LogP contribution in [0.3, 0.4) is 0 Å². The Labute approximate surface area is 164 Å². The molecule has 0 spiro atoms. The van der Waals surface area contributed by atoms with E-state index in [0.29, 0.717) is 18.7 Å². The second kappa shape index (κ2) is 10.0. The molecule has 144 valence electrons. The van der Waals surface area contributed by atoms with Crippen molar-refractivity contribution in [2.45, 2.75) is 12.8 Å². The SMILES string of the molecule is CN(C)CCN(CCCc1ccccc1)C(=O)c1ccc([N+](=O)[O-])cc1Cl. The standard InChI is InChI=1S/C20H24ClN3O3/c1-22(2)13-14-23(12-6-9-16-7-4-3-5-8-16)20(25)18-11-10-17(24(26)27)15-19(18)21/h3-5,7-8,10-11,15H,6,9,12-14H2,1-2H3. The number of halogens is 1. The summed E-state index contributed by atoms with van der Waals surface area (Å²) in [6.45, 7) is 1.88. The number of aryl methyl sites for hydroxylation is 1. The fourth-order valence-corrected chi connectivity index (χ4v) is 2.97. The molecule has 1 amide bonds. The lowest BCUT2D eigenvalue weighted by atomic mass is 10.1. The molecule has 0 aliphatic carbocycles. The van der Waals surface area contributed by atoms with Crippen molar-refractivity contribution in [1.82, 2.24) is 9.80 Å². The zero-order valence-corrected chi connectivity index (χ0v) is 16.4. The number of nitro benzene ring substituents is 1. The summed E-state index contributed by atoms with van der Waals surface area (Å²) < 4.78 is 0. The lowest BCUT2D eigenvalue weighted by Crippen LogP contribution is -2.37. The van der Waals surface area contributed by atoms with Crippen LogP contribution in [0.25, 0.3) is 0 Å². The molecule has 0 aliphatic rings. The Kier molecular flexibility index (Phi) is 7.76. The number of amides is 1. The van der Waals surface area contributed by atoms with Gasteiger partial charge in [-0.05, 0) is 38.6 Å². The van der Waals surface area contributed by atoms with Crippen LogP contribution in [-0.2, 0) is 6.42 Å². The highest BCUT2D eigenvalue weighted by atomic mass is 35.5. The van der Waals surface area contributed by atoms with E-state index in [4.69, 9.17) is 11.6 Å². The van der Waals surface area contributed by atoms with E-state index in [9.17, 15) is 14.9 Å². The summed E-state index contributed by atoms with van der Waals surface area (Å²) in [6.07, 6.45) is 1.70. The van der Waals surface area contributed by atoms with Gasteiger partial charge in [0.05, 0.1) is 15.5 Å². The maximum atomic E-state index is 13.0. The van der Waals surface area contributed by atoms with Crippen LogP contribution in [0.5, 0.6) is 0 Å². The third-order valence-electron chi connectivity index (χ3n) is 4.23. The zero-order valence-electron chi connectivity index (χ0n) is 15.6. The number of hydrogen-bond acceptors (Lipinski definition) is 4. The van der Waals surface area contributed by atoms with Gasteiger partial charge in [0, 0.05) is 31.8 Å². The van der Waals surface area contributed by atoms with Crippen molar-refractivity contribution in [3.63, 3.8) is 0 Å². The molecule has 0 aromatic heterocycles. The summed E-state index contributed by atoms with van der Waals surface area (Å²) in [7, 11) is 3.90. The molecule has 2 aromatic rings. The zero-order chi connectivity index (χ0) is 19.8. The highest BCUT2D eigenvalue weighted by Gasteiger charge is 2.20. The fraction of sp³-hybridized carbons (Fsp3) is 0.350. The van der Waals surface area contributed by atoms with E-state index < -0.39 is 4.92 Å². The largest absolute Gasteiger partial charge is 0.337 e. The molecule has 2 aromatic carbocycles. The molecule has 0 unspecified atom stereocenters. The van der Waals surface area contributed by atoms with E-state index in [-0.39, 0.29) is 16.6 Å². The van der Waals surface area contributed by atoms with Gasteiger partial charge in [0.25, 0.3) is 11.6 Å². The number of benzene rings is 2. The first-order chi connectivity index (χ1) is 12.9. The molecular formula is C20H24ClN3O3. The van der Waals surface area contributed by atoms with Gasteiger partial charge in [-0.1, -0.05) is 41.9 Å². The van der Waals surface area contributed by atoms with E-state index in [1.807, 2.05) is 37.2 Å². The summed E-state index contributed by atoms with van der Waals surface area (Å²) in [5.41, 5.74) is 1.40. The summed E-state index contributed by atoms with van der Waals surface area (Å²) in [5.74, 6) is -0.204. The number of hydrogen-bond donors (Lipinski definition) is 0. The number of carbonyl (C=O) groups excluding carboxylic acids is 1. The highest BCUT2D eigenvalue weighted by Crippen LogP contribution is 2.24. The molecular weight excluding hydrogens is 366 g/mol. The van der Waals surface area contributed by atoms with Gasteiger partial charge in [-0.15, -0.1) is 0 Å². The first kappa shape index (κ1) is 20.9. The maximum Gasteiger partial charge on any atom is 0.270 e. The van der Waals surface area contributed by atoms with Gasteiger partial charge >= 0.3 is 0 Å². The number of rotatable bonds is 9. The van der Waals surface area contributed by atoms with Crippen LogP contribution in [0.1, 0.15) is 22.3 Å². The van der Waals surface area contributed by atoms with Crippen LogP contribution in [0.15, 0.2) is 48.5 Å². The van der Waals surface area contributed by atoms with E-state index in [2.05, 4.69) is 12.1 Å². The van der Waals surface area contributed by atoms with Gasteiger partial charge in [0.1, 0.15) is 0 Å². The second-order valence-electron chi connectivity index (χ2n) is 6.61. The molecule has 0 aliphatic heterocycles. The molecule has 7 heteroatoms. The van der Waals surface area contributed by atoms with Crippen LogP contribution in [0.2, 0.25) is 5.02 Å². The number of nitrogens with zero attached hydrogens (tertiary/aromatic N) is 3. The summed E-state index contributed by atoms with van der Waals surface area (Å²) >= 11 is 6.14. The average Bonchev–Trinajstić information content (AvgIpc) is 2.64. The first-order valence-electron chi connectivity index (χ1n) is 8.80. The number of non-ortho nitro benzene ring substituents is 1. The van der Waals surface area contributed by atoms with Crippen molar-refractivity contribution in [3.8, 4) is 0 Å². The number of likely N-dealkylation sites (N-methyl/N-ethyl adjacent to an activating group) is 1. The fourth-order valence-electron chi connectivity index (χ4n) is 2.72. The van der Waals surface area contributed by atoms with Crippen molar-refractivity contribution < 1.29 is 9.72 Å². The molecule has 0 fully saturated rings. The molecule has 6 nitrogen and oxygen atoms in total.